The lowest BCUT2D eigenvalue weighted by atomic mass is 10.1. The van der Waals surface area contributed by atoms with E-state index in [4.69, 9.17) is 5.73 Å². The van der Waals surface area contributed by atoms with Gasteiger partial charge in [0.1, 0.15) is 0 Å². The molecule has 0 fully saturated rings. The number of anilines is 1. The molecule has 1 rings (SSSR count). The van der Waals surface area contributed by atoms with Crippen LogP contribution in [0.3, 0.4) is 0 Å². The highest BCUT2D eigenvalue weighted by Crippen LogP contribution is 2.16. The topological polar surface area (TPSA) is 58.4 Å². The predicted molar refractivity (Wildman–Crippen MR) is 81.0 cm³/mol. The van der Waals surface area contributed by atoms with Gasteiger partial charge < -0.3 is 16.0 Å². The molecule has 0 aliphatic rings. The van der Waals surface area contributed by atoms with E-state index in [2.05, 4.69) is 24.1 Å². The lowest BCUT2D eigenvalue weighted by molar-refractivity contribution is 0.0118. The Kier molecular flexibility index (Phi) is 6.55. The molecule has 0 saturated carbocycles. The molecule has 0 aliphatic carbocycles. The van der Waals surface area contributed by atoms with Crippen LogP contribution in [0.5, 0.6) is 0 Å². The first-order valence-electron chi connectivity index (χ1n) is 7.14. The van der Waals surface area contributed by atoms with E-state index in [1.807, 2.05) is 12.1 Å². The molecule has 6 heteroatoms. The van der Waals surface area contributed by atoms with Crippen LogP contribution in [0.2, 0.25) is 0 Å². The second-order valence-corrected chi connectivity index (χ2v) is 4.87. The Balaban J connectivity index is 2.67. The van der Waals surface area contributed by atoms with E-state index in [0.29, 0.717) is 5.56 Å². The second kappa shape index (κ2) is 7.93. The maximum atomic E-state index is 13.0. The molecule has 3 N–H and O–H groups in total. The van der Waals surface area contributed by atoms with Crippen LogP contribution in [-0.2, 0) is 0 Å². The average molecular weight is 299 g/mol. The van der Waals surface area contributed by atoms with Crippen molar-refractivity contribution in [3.8, 4) is 0 Å². The first kappa shape index (κ1) is 17.4. The first-order valence-corrected chi connectivity index (χ1v) is 7.14. The molecular weight excluding hydrogens is 276 g/mol. The average Bonchev–Trinajstić information content (AvgIpc) is 2.50. The molecule has 0 spiro atoms. The lowest BCUT2D eigenvalue weighted by Gasteiger charge is -2.22. The molecule has 0 bridgehead atoms. The number of carbonyl (C=O) groups is 1. The van der Waals surface area contributed by atoms with Crippen molar-refractivity contribution in [2.75, 3.05) is 31.1 Å². The van der Waals surface area contributed by atoms with Gasteiger partial charge in [-0.1, -0.05) is 6.92 Å². The summed E-state index contributed by atoms with van der Waals surface area (Å²) in [5.41, 5.74) is 6.30. The van der Waals surface area contributed by atoms with Crippen LogP contribution in [0, 0.1) is 0 Å². The highest BCUT2D eigenvalue weighted by atomic mass is 19.3. The van der Waals surface area contributed by atoms with Crippen molar-refractivity contribution in [1.82, 2.24) is 5.32 Å². The summed E-state index contributed by atoms with van der Waals surface area (Å²) in [4.78, 5) is 14.0. The van der Waals surface area contributed by atoms with Crippen LogP contribution in [0.4, 0.5) is 14.5 Å². The second-order valence-electron chi connectivity index (χ2n) is 4.87. The van der Waals surface area contributed by atoms with Crippen LogP contribution in [0.1, 0.15) is 30.6 Å². The molecule has 0 unspecified atom stereocenters. The molecule has 0 aliphatic heterocycles. The Hall–Kier alpha value is -1.69. The van der Waals surface area contributed by atoms with Gasteiger partial charge in [-0.15, -0.1) is 0 Å². The van der Waals surface area contributed by atoms with Crippen molar-refractivity contribution in [3.05, 3.63) is 29.8 Å². The summed E-state index contributed by atoms with van der Waals surface area (Å²) in [5.74, 6) is -3.59. The number of benzene rings is 1. The van der Waals surface area contributed by atoms with Crippen LogP contribution in [0.15, 0.2) is 24.3 Å². The largest absolute Gasteiger partial charge is 0.372 e. The highest BCUT2D eigenvalue weighted by molar-refractivity contribution is 5.94. The fraction of sp³-hybridized carbons (Fsp3) is 0.533. The van der Waals surface area contributed by atoms with E-state index in [9.17, 15) is 13.6 Å². The first-order chi connectivity index (χ1) is 9.93. The number of nitrogens with one attached hydrogen (secondary N) is 1. The number of alkyl halides is 2. The third-order valence-corrected chi connectivity index (χ3v) is 3.18. The number of nitrogens with two attached hydrogens (primary N) is 1. The smallest absolute Gasteiger partial charge is 0.277 e. The van der Waals surface area contributed by atoms with Gasteiger partial charge in [-0.2, -0.15) is 0 Å². The summed E-state index contributed by atoms with van der Waals surface area (Å²) < 4.78 is 26.0. The highest BCUT2D eigenvalue weighted by Gasteiger charge is 2.27. The zero-order valence-electron chi connectivity index (χ0n) is 12.5. The molecule has 0 radical (unpaired) electrons. The minimum atomic E-state index is -3.07. The van der Waals surface area contributed by atoms with Crippen molar-refractivity contribution < 1.29 is 13.6 Å². The Morgan fingerprint density at radius 1 is 1.29 bits per heavy atom. The molecular formula is C15H23F2N3O. The maximum Gasteiger partial charge on any atom is 0.277 e. The number of hydrogen-bond donors (Lipinski definition) is 2. The van der Waals surface area contributed by atoms with Gasteiger partial charge in [-0.25, -0.2) is 8.78 Å². The minimum Gasteiger partial charge on any atom is -0.372 e. The van der Waals surface area contributed by atoms with Gasteiger partial charge in [-0.05, 0) is 37.6 Å². The zero-order chi connectivity index (χ0) is 15.9. The van der Waals surface area contributed by atoms with E-state index < -0.39 is 24.9 Å². The van der Waals surface area contributed by atoms with Crippen LogP contribution in [-0.4, -0.2) is 38.0 Å². The van der Waals surface area contributed by atoms with Gasteiger partial charge >= 0.3 is 0 Å². The number of rotatable bonds is 8. The fourth-order valence-corrected chi connectivity index (χ4v) is 1.95. The SMILES string of the molecule is CCCN(CC)c1ccc(C(=O)NCC(F)(F)CN)cc1. The lowest BCUT2D eigenvalue weighted by Crippen LogP contribution is -2.41. The summed E-state index contributed by atoms with van der Waals surface area (Å²) in [5, 5.41) is 2.20. The predicted octanol–water partition coefficient (Wildman–Crippen LogP) is 2.25. The van der Waals surface area contributed by atoms with Crippen LogP contribution < -0.4 is 16.0 Å². The molecule has 1 aromatic rings. The van der Waals surface area contributed by atoms with Crippen molar-refractivity contribution in [2.24, 2.45) is 5.73 Å². The van der Waals surface area contributed by atoms with Gasteiger partial charge in [0.2, 0.25) is 0 Å². The van der Waals surface area contributed by atoms with Gasteiger partial charge in [0, 0.05) is 24.3 Å². The standard InChI is InChI=1S/C15H23F2N3O/c1-3-9-20(4-2)13-7-5-12(6-8-13)14(21)19-11-15(16,17)10-18/h5-8H,3-4,9-11,18H2,1-2H3,(H,19,21). The maximum absolute atomic E-state index is 13.0. The molecule has 1 amide bonds. The summed E-state index contributed by atoms with van der Waals surface area (Å²) in [6.45, 7) is 4.44. The molecule has 1 aromatic carbocycles. The van der Waals surface area contributed by atoms with Crippen molar-refractivity contribution in [1.29, 1.82) is 0 Å². The van der Waals surface area contributed by atoms with Gasteiger partial charge in [0.05, 0.1) is 13.1 Å². The minimum absolute atomic E-state index is 0.360. The normalized spacial score (nSPS) is 11.3. The Morgan fingerprint density at radius 2 is 1.90 bits per heavy atom. The quantitative estimate of drug-likeness (QED) is 0.774. The number of nitrogens with zero attached hydrogens (tertiary/aromatic N) is 1. The van der Waals surface area contributed by atoms with Crippen molar-refractivity contribution >= 4 is 11.6 Å². The molecule has 0 heterocycles. The number of carbonyl (C=O) groups excluding carboxylic acids is 1. The monoisotopic (exact) mass is 299 g/mol. The van der Waals surface area contributed by atoms with E-state index >= 15 is 0 Å². The zero-order valence-corrected chi connectivity index (χ0v) is 12.5. The van der Waals surface area contributed by atoms with Crippen molar-refractivity contribution in [3.63, 3.8) is 0 Å². The van der Waals surface area contributed by atoms with Gasteiger partial charge in [-0.3, -0.25) is 4.79 Å². The van der Waals surface area contributed by atoms with Gasteiger partial charge in [0.15, 0.2) is 0 Å². The third-order valence-electron chi connectivity index (χ3n) is 3.18. The third kappa shape index (κ3) is 5.30. The Labute approximate surface area is 124 Å². The molecule has 118 valence electrons. The Bertz CT molecular complexity index is 449. The van der Waals surface area contributed by atoms with E-state index in [1.54, 1.807) is 12.1 Å². The van der Waals surface area contributed by atoms with E-state index in [1.165, 1.54) is 0 Å². The summed E-state index contributed by atoms with van der Waals surface area (Å²) >= 11 is 0. The molecule has 4 nitrogen and oxygen atoms in total. The molecule has 21 heavy (non-hydrogen) atoms. The molecule has 0 aromatic heterocycles. The summed E-state index contributed by atoms with van der Waals surface area (Å²) in [6, 6.07) is 6.94. The van der Waals surface area contributed by atoms with Gasteiger partial charge in [0.25, 0.3) is 11.8 Å². The number of amides is 1. The summed E-state index contributed by atoms with van der Waals surface area (Å²) in [6.07, 6.45) is 1.03. The summed E-state index contributed by atoms with van der Waals surface area (Å²) in [7, 11) is 0. The molecule has 0 atom stereocenters. The van der Waals surface area contributed by atoms with Crippen LogP contribution in [0.25, 0.3) is 0 Å². The number of halogens is 2. The fourth-order valence-electron chi connectivity index (χ4n) is 1.95. The Morgan fingerprint density at radius 3 is 2.38 bits per heavy atom. The molecule has 0 saturated heterocycles. The number of hydrogen-bond acceptors (Lipinski definition) is 3. The van der Waals surface area contributed by atoms with E-state index in [-0.39, 0.29) is 0 Å². The van der Waals surface area contributed by atoms with Crippen LogP contribution >= 0.6 is 0 Å². The van der Waals surface area contributed by atoms with Crippen molar-refractivity contribution in [2.45, 2.75) is 26.2 Å². The van der Waals surface area contributed by atoms with E-state index in [0.717, 1.165) is 25.2 Å².